The second kappa shape index (κ2) is 13.1. The van der Waals surface area contributed by atoms with Gasteiger partial charge in [0, 0.05) is 0 Å². The summed E-state index contributed by atoms with van der Waals surface area (Å²) in [6.45, 7) is 16.0. The summed E-state index contributed by atoms with van der Waals surface area (Å²) in [6, 6.07) is 0. The van der Waals surface area contributed by atoms with E-state index in [4.69, 9.17) is 0 Å². The standard InChI is InChI=1S/C13H28.C3H8/c1-6-7-8-12(4)13(5)10-9-11(2)3;1-3-2/h11-13H,6-10H2,1-5H3;3H2,1-2H3. The summed E-state index contributed by atoms with van der Waals surface area (Å²) in [7, 11) is 0. The molecule has 2 unspecified atom stereocenters. The summed E-state index contributed by atoms with van der Waals surface area (Å²) in [5.41, 5.74) is 0. The van der Waals surface area contributed by atoms with Crippen LogP contribution in [0.5, 0.6) is 0 Å². The van der Waals surface area contributed by atoms with E-state index in [1.807, 2.05) is 0 Å². The first-order valence-electron chi connectivity index (χ1n) is 7.49. The van der Waals surface area contributed by atoms with Crippen molar-refractivity contribution in [1.29, 1.82) is 0 Å². The summed E-state index contributed by atoms with van der Waals surface area (Å²) in [5.74, 6) is 2.73. The second-order valence-electron chi connectivity index (χ2n) is 5.78. The first kappa shape index (κ1) is 18.4. The van der Waals surface area contributed by atoms with Crippen molar-refractivity contribution in [2.75, 3.05) is 0 Å². The largest absolute Gasteiger partial charge is 0.0656 e. The van der Waals surface area contributed by atoms with Crippen LogP contribution in [0.2, 0.25) is 0 Å². The number of unbranched alkanes of at least 4 members (excludes halogenated alkanes) is 1. The highest BCUT2D eigenvalue weighted by Crippen LogP contribution is 2.23. The van der Waals surface area contributed by atoms with E-state index in [1.165, 1.54) is 38.5 Å². The molecule has 0 aliphatic carbocycles. The Bertz CT molecular complexity index is 115. The molecule has 0 heteroatoms. The minimum Gasteiger partial charge on any atom is -0.0656 e. The lowest BCUT2D eigenvalue weighted by molar-refractivity contribution is 0.315. The summed E-state index contributed by atoms with van der Waals surface area (Å²) < 4.78 is 0. The molecule has 2 atom stereocenters. The van der Waals surface area contributed by atoms with E-state index < -0.39 is 0 Å². The van der Waals surface area contributed by atoms with E-state index in [2.05, 4.69) is 48.5 Å². The highest BCUT2D eigenvalue weighted by molar-refractivity contribution is 4.63. The molecular weight excluding hydrogens is 192 g/mol. The van der Waals surface area contributed by atoms with Gasteiger partial charge in [0.2, 0.25) is 0 Å². The van der Waals surface area contributed by atoms with Crippen molar-refractivity contribution in [3.05, 3.63) is 0 Å². The van der Waals surface area contributed by atoms with Crippen LogP contribution in [0.1, 0.15) is 87.0 Å². The number of rotatable bonds is 7. The molecule has 0 rings (SSSR count). The maximum atomic E-state index is 2.42. The molecule has 0 saturated heterocycles. The Morgan fingerprint density at radius 1 is 0.688 bits per heavy atom. The van der Waals surface area contributed by atoms with Gasteiger partial charge in [-0.15, -0.1) is 0 Å². The van der Waals surface area contributed by atoms with Crippen molar-refractivity contribution in [3.63, 3.8) is 0 Å². The van der Waals surface area contributed by atoms with Gasteiger partial charge in [0.1, 0.15) is 0 Å². The van der Waals surface area contributed by atoms with Gasteiger partial charge in [-0.05, 0) is 17.8 Å². The molecule has 0 aromatic carbocycles. The molecule has 0 aromatic heterocycles. The molecule has 0 amide bonds. The fourth-order valence-corrected chi connectivity index (χ4v) is 1.69. The molecule has 100 valence electrons. The smallest absolute Gasteiger partial charge is 0.0417 e. The molecule has 0 aliphatic rings. The van der Waals surface area contributed by atoms with Gasteiger partial charge >= 0.3 is 0 Å². The third-order valence-electron chi connectivity index (χ3n) is 3.18. The number of hydrogen-bond donors (Lipinski definition) is 0. The van der Waals surface area contributed by atoms with Crippen LogP contribution in [0.25, 0.3) is 0 Å². The molecule has 0 nitrogen and oxygen atoms in total. The third kappa shape index (κ3) is 14.0. The fraction of sp³-hybridized carbons (Fsp3) is 1.00. The molecule has 0 bridgehead atoms. The zero-order valence-corrected chi connectivity index (χ0v) is 13.0. The Morgan fingerprint density at radius 2 is 1.12 bits per heavy atom. The molecule has 0 spiro atoms. The summed E-state index contributed by atoms with van der Waals surface area (Å²) in [4.78, 5) is 0. The highest BCUT2D eigenvalue weighted by atomic mass is 14.2. The zero-order valence-electron chi connectivity index (χ0n) is 13.0. The van der Waals surface area contributed by atoms with Gasteiger partial charge in [0.05, 0.1) is 0 Å². The first-order chi connectivity index (χ1) is 7.49. The van der Waals surface area contributed by atoms with Crippen LogP contribution >= 0.6 is 0 Å². The Morgan fingerprint density at radius 3 is 1.50 bits per heavy atom. The topological polar surface area (TPSA) is 0 Å². The molecule has 0 aliphatic heterocycles. The van der Waals surface area contributed by atoms with E-state index >= 15 is 0 Å². The minimum atomic E-state index is 0.876. The second-order valence-corrected chi connectivity index (χ2v) is 5.78. The molecule has 0 radical (unpaired) electrons. The average Bonchev–Trinajstić information content (AvgIpc) is 2.23. The van der Waals surface area contributed by atoms with Gasteiger partial charge in [-0.3, -0.25) is 0 Å². The Hall–Kier alpha value is 0. The van der Waals surface area contributed by atoms with E-state index in [0.717, 1.165) is 17.8 Å². The van der Waals surface area contributed by atoms with Crippen molar-refractivity contribution >= 4 is 0 Å². The molecule has 0 heterocycles. The molecule has 0 N–H and O–H groups in total. The van der Waals surface area contributed by atoms with E-state index in [0.29, 0.717) is 0 Å². The minimum absolute atomic E-state index is 0.876. The zero-order chi connectivity index (χ0) is 13.0. The van der Waals surface area contributed by atoms with Gasteiger partial charge in [0.15, 0.2) is 0 Å². The highest BCUT2D eigenvalue weighted by Gasteiger charge is 2.11. The van der Waals surface area contributed by atoms with Crippen LogP contribution in [0.4, 0.5) is 0 Å². The van der Waals surface area contributed by atoms with Gasteiger partial charge < -0.3 is 0 Å². The van der Waals surface area contributed by atoms with Crippen LogP contribution < -0.4 is 0 Å². The Labute approximate surface area is 105 Å². The Balaban J connectivity index is 0. The van der Waals surface area contributed by atoms with Crippen LogP contribution in [0.3, 0.4) is 0 Å². The molecule has 0 fully saturated rings. The van der Waals surface area contributed by atoms with Gasteiger partial charge in [0.25, 0.3) is 0 Å². The average molecular weight is 228 g/mol. The predicted octanol–water partition coefficient (Wildman–Crippen LogP) is 6.30. The maximum Gasteiger partial charge on any atom is -0.0417 e. The summed E-state index contributed by atoms with van der Waals surface area (Å²) >= 11 is 0. The molecule has 0 aromatic rings. The van der Waals surface area contributed by atoms with E-state index in [-0.39, 0.29) is 0 Å². The SMILES string of the molecule is CCC.CCCCC(C)C(C)CCC(C)C. The third-order valence-corrected chi connectivity index (χ3v) is 3.18. The van der Waals surface area contributed by atoms with Crippen LogP contribution in [0, 0.1) is 17.8 Å². The van der Waals surface area contributed by atoms with Gasteiger partial charge in [-0.1, -0.05) is 87.0 Å². The van der Waals surface area contributed by atoms with Crippen molar-refractivity contribution in [2.45, 2.75) is 87.0 Å². The quantitative estimate of drug-likeness (QED) is 0.479. The monoisotopic (exact) mass is 228 g/mol. The van der Waals surface area contributed by atoms with Crippen molar-refractivity contribution in [1.82, 2.24) is 0 Å². The van der Waals surface area contributed by atoms with Gasteiger partial charge in [-0.2, -0.15) is 0 Å². The van der Waals surface area contributed by atoms with Crippen molar-refractivity contribution in [2.24, 2.45) is 17.8 Å². The maximum absolute atomic E-state index is 2.42. The first-order valence-corrected chi connectivity index (χ1v) is 7.49. The lowest BCUT2D eigenvalue weighted by atomic mass is 9.86. The molecule has 0 saturated carbocycles. The number of hydrogen-bond acceptors (Lipinski definition) is 0. The molecule has 16 heavy (non-hydrogen) atoms. The van der Waals surface area contributed by atoms with Crippen molar-refractivity contribution in [3.8, 4) is 0 Å². The van der Waals surface area contributed by atoms with Crippen LogP contribution in [-0.4, -0.2) is 0 Å². The normalized spacial score (nSPS) is 14.2. The molecular formula is C16H36. The fourth-order valence-electron chi connectivity index (χ4n) is 1.69. The van der Waals surface area contributed by atoms with Gasteiger partial charge in [-0.25, -0.2) is 0 Å². The van der Waals surface area contributed by atoms with Crippen LogP contribution in [0.15, 0.2) is 0 Å². The summed E-state index contributed by atoms with van der Waals surface area (Å²) in [6.07, 6.45) is 8.25. The van der Waals surface area contributed by atoms with E-state index in [1.54, 1.807) is 0 Å². The Kier molecular flexibility index (Phi) is 15.0. The lowest BCUT2D eigenvalue weighted by Crippen LogP contribution is -2.09. The van der Waals surface area contributed by atoms with Crippen molar-refractivity contribution < 1.29 is 0 Å². The van der Waals surface area contributed by atoms with Crippen LogP contribution in [-0.2, 0) is 0 Å². The van der Waals surface area contributed by atoms with E-state index in [9.17, 15) is 0 Å². The predicted molar refractivity (Wildman–Crippen MR) is 77.9 cm³/mol. The summed E-state index contributed by atoms with van der Waals surface area (Å²) in [5, 5.41) is 0. The lowest BCUT2D eigenvalue weighted by Gasteiger charge is -2.20.